The first-order valence-corrected chi connectivity index (χ1v) is 8.67. The molecule has 0 aromatic heterocycles. The average molecular weight is 260 g/mol. The maximum atomic E-state index is 11.7. The highest BCUT2D eigenvalue weighted by Gasteiger charge is 2.41. The maximum Gasteiger partial charge on any atom is 0.150 e. The van der Waals surface area contributed by atoms with Crippen LogP contribution in [0, 0.1) is 23.2 Å². The lowest BCUT2D eigenvalue weighted by Gasteiger charge is -2.44. The van der Waals surface area contributed by atoms with E-state index < -0.39 is 9.84 Å². The standard InChI is InChI=1S/C14H28O2S/c1-10(2)12-8-7-11(17(6,15)16)9-13(12)14(3,4)5/h10-13H,7-9H2,1-6H3. The van der Waals surface area contributed by atoms with Gasteiger partial charge in [0, 0.05) is 6.26 Å². The van der Waals surface area contributed by atoms with Crippen molar-refractivity contribution in [1.29, 1.82) is 0 Å². The van der Waals surface area contributed by atoms with Gasteiger partial charge in [-0.2, -0.15) is 0 Å². The molecular formula is C14H28O2S. The van der Waals surface area contributed by atoms with E-state index in [0.29, 0.717) is 17.8 Å². The van der Waals surface area contributed by atoms with Crippen LogP contribution in [0.5, 0.6) is 0 Å². The monoisotopic (exact) mass is 260 g/mol. The first kappa shape index (κ1) is 15.0. The zero-order valence-electron chi connectivity index (χ0n) is 12.2. The lowest BCUT2D eigenvalue weighted by atomic mass is 9.63. The molecule has 0 saturated heterocycles. The van der Waals surface area contributed by atoms with Crippen LogP contribution in [0.15, 0.2) is 0 Å². The molecule has 2 nitrogen and oxygen atoms in total. The quantitative estimate of drug-likeness (QED) is 0.761. The van der Waals surface area contributed by atoms with E-state index in [2.05, 4.69) is 34.6 Å². The zero-order chi connectivity index (χ0) is 13.4. The third-order valence-electron chi connectivity index (χ3n) is 4.43. The normalized spacial score (nSPS) is 31.8. The summed E-state index contributed by atoms with van der Waals surface area (Å²) in [6, 6.07) is 0. The first-order chi connectivity index (χ1) is 7.53. The molecule has 3 atom stereocenters. The summed E-state index contributed by atoms with van der Waals surface area (Å²) in [6.45, 7) is 11.3. The van der Waals surface area contributed by atoms with Crippen molar-refractivity contribution in [2.45, 2.75) is 59.1 Å². The van der Waals surface area contributed by atoms with Crippen molar-refractivity contribution in [2.24, 2.45) is 23.2 Å². The van der Waals surface area contributed by atoms with Gasteiger partial charge in [-0.3, -0.25) is 0 Å². The summed E-state index contributed by atoms with van der Waals surface area (Å²) in [7, 11) is -2.87. The molecule has 0 aliphatic heterocycles. The van der Waals surface area contributed by atoms with Crippen LogP contribution in [0.25, 0.3) is 0 Å². The molecule has 0 aromatic rings. The summed E-state index contributed by atoms with van der Waals surface area (Å²) in [5.74, 6) is 1.85. The minimum absolute atomic E-state index is 0.110. The Morgan fingerprint density at radius 3 is 2.00 bits per heavy atom. The molecule has 0 spiro atoms. The van der Waals surface area contributed by atoms with Crippen molar-refractivity contribution in [3.05, 3.63) is 0 Å². The van der Waals surface area contributed by atoms with E-state index in [1.807, 2.05) is 0 Å². The maximum absolute atomic E-state index is 11.7. The minimum atomic E-state index is -2.87. The van der Waals surface area contributed by atoms with E-state index in [0.717, 1.165) is 19.3 Å². The van der Waals surface area contributed by atoms with Gasteiger partial charge in [-0.15, -0.1) is 0 Å². The third kappa shape index (κ3) is 3.70. The Labute approximate surface area is 107 Å². The van der Waals surface area contributed by atoms with Gasteiger partial charge in [0.05, 0.1) is 5.25 Å². The Morgan fingerprint density at radius 1 is 1.12 bits per heavy atom. The van der Waals surface area contributed by atoms with Gasteiger partial charge in [0.15, 0.2) is 0 Å². The molecule has 0 radical (unpaired) electrons. The summed E-state index contributed by atoms with van der Waals surface area (Å²) in [6.07, 6.45) is 4.17. The van der Waals surface area contributed by atoms with Crippen LogP contribution in [-0.4, -0.2) is 19.9 Å². The second-order valence-corrected chi connectivity index (χ2v) is 9.47. The van der Waals surface area contributed by atoms with E-state index in [4.69, 9.17) is 0 Å². The minimum Gasteiger partial charge on any atom is -0.229 e. The van der Waals surface area contributed by atoms with Crippen LogP contribution in [-0.2, 0) is 9.84 Å². The molecule has 3 heteroatoms. The van der Waals surface area contributed by atoms with Crippen molar-refractivity contribution < 1.29 is 8.42 Å². The molecule has 0 N–H and O–H groups in total. The predicted molar refractivity (Wildman–Crippen MR) is 73.8 cm³/mol. The topological polar surface area (TPSA) is 34.1 Å². The molecule has 0 heterocycles. The highest BCUT2D eigenvalue weighted by molar-refractivity contribution is 7.91. The number of sulfone groups is 1. The molecule has 3 unspecified atom stereocenters. The molecule has 0 aromatic carbocycles. The fourth-order valence-corrected chi connectivity index (χ4v) is 4.46. The van der Waals surface area contributed by atoms with Gasteiger partial charge in [0.25, 0.3) is 0 Å². The van der Waals surface area contributed by atoms with Crippen molar-refractivity contribution in [3.63, 3.8) is 0 Å². The average Bonchev–Trinajstić information content (AvgIpc) is 2.14. The van der Waals surface area contributed by atoms with Gasteiger partial charge in [-0.05, 0) is 42.4 Å². The fraction of sp³-hybridized carbons (Fsp3) is 1.00. The molecule has 1 saturated carbocycles. The van der Waals surface area contributed by atoms with Gasteiger partial charge < -0.3 is 0 Å². The smallest absolute Gasteiger partial charge is 0.150 e. The zero-order valence-corrected chi connectivity index (χ0v) is 13.0. The summed E-state index contributed by atoms with van der Waals surface area (Å²) in [5, 5.41) is -0.110. The highest BCUT2D eigenvalue weighted by atomic mass is 32.2. The molecule has 102 valence electrons. The first-order valence-electron chi connectivity index (χ1n) is 6.72. The largest absolute Gasteiger partial charge is 0.229 e. The van der Waals surface area contributed by atoms with Crippen LogP contribution in [0.2, 0.25) is 0 Å². The van der Waals surface area contributed by atoms with Crippen LogP contribution >= 0.6 is 0 Å². The van der Waals surface area contributed by atoms with Crippen molar-refractivity contribution in [2.75, 3.05) is 6.26 Å². The van der Waals surface area contributed by atoms with Gasteiger partial charge in [-0.25, -0.2) is 8.42 Å². The van der Waals surface area contributed by atoms with Crippen LogP contribution in [0.1, 0.15) is 53.9 Å². The highest BCUT2D eigenvalue weighted by Crippen LogP contribution is 2.46. The lowest BCUT2D eigenvalue weighted by molar-refractivity contribution is 0.0785. The third-order valence-corrected chi connectivity index (χ3v) is 6.07. The van der Waals surface area contributed by atoms with E-state index in [1.165, 1.54) is 6.26 Å². The van der Waals surface area contributed by atoms with Crippen molar-refractivity contribution in [3.8, 4) is 0 Å². The fourth-order valence-electron chi connectivity index (χ4n) is 3.34. The van der Waals surface area contributed by atoms with Crippen LogP contribution in [0.3, 0.4) is 0 Å². The molecule has 17 heavy (non-hydrogen) atoms. The van der Waals surface area contributed by atoms with E-state index >= 15 is 0 Å². The molecule has 0 bridgehead atoms. The van der Waals surface area contributed by atoms with Crippen molar-refractivity contribution >= 4 is 9.84 Å². The molecule has 1 aliphatic carbocycles. The van der Waals surface area contributed by atoms with Gasteiger partial charge in [0.2, 0.25) is 0 Å². The Kier molecular flexibility index (Phi) is 4.33. The SMILES string of the molecule is CC(C)C1CCC(S(C)(=O)=O)CC1C(C)(C)C. The van der Waals surface area contributed by atoms with Crippen LogP contribution in [0.4, 0.5) is 0 Å². The summed E-state index contributed by atoms with van der Waals surface area (Å²) in [5.41, 5.74) is 0.207. The summed E-state index contributed by atoms with van der Waals surface area (Å²) in [4.78, 5) is 0. The van der Waals surface area contributed by atoms with Crippen molar-refractivity contribution in [1.82, 2.24) is 0 Å². The lowest BCUT2D eigenvalue weighted by Crippen LogP contribution is -2.40. The predicted octanol–water partition coefficient (Wildman–Crippen LogP) is 3.52. The Bertz CT molecular complexity index is 349. The van der Waals surface area contributed by atoms with Gasteiger partial charge in [-0.1, -0.05) is 34.6 Å². The second-order valence-electron chi connectivity index (χ2n) is 7.14. The van der Waals surface area contributed by atoms with Gasteiger partial charge in [0.1, 0.15) is 9.84 Å². The second kappa shape index (κ2) is 4.91. The van der Waals surface area contributed by atoms with Gasteiger partial charge >= 0.3 is 0 Å². The summed E-state index contributed by atoms with van der Waals surface area (Å²) >= 11 is 0. The van der Waals surface area contributed by atoms with E-state index in [1.54, 1.807) is 0 Å². The number of rotatable bonds is 2. The summed E-state index contributed by atoms with van der Waals surface area (Å²) < 4.78 is 23.5. The molecule has 1 aliphatic rings. The molecule has 0 amide bonds. The van der Waals surface area contributed by atoms with E-state index in [-0.39, 0.29) is 10.7 Å². The Hall–Kier alpha value is -0.0500. The Balaban J connectivity index is 2.93. The molecule has 1 rings (SSSR count). The number of hydrogen-bond donors (Lipinski definition) is 0. The number of hydrogen-bond acceptors (Lipinski definition) is 2. The van der Waals surface area contributed by atoms with Crippen LogP contribution < -0.4 is 0 Å². The van der Waals surface area contributed by atoms with E-state index in [9.17, 15) is 8.42 Å². The molecule has 1 fully saturated rings. The molecular weight excluding hydrogens is 232 g/mol. The Morgan fingerprint density at radius 2 is 1.65 bits per heavy atom.